The van der Waals surface area contributed by atoms with Crippen molar-refractivity contribution in [2.75, 3.05) is 13.2 Å². The Bertz CT molecular complexity index is 214. The highest BCUT2D eigenvalue weighted by molar-refractivity contribution is 5.75. The van der Waals surface area contributed by atoms with Crippen LogP contribution in [0.25, 0.3) is 0 Å². The number of aliphatic hydroxyl groups excluding tert-OH is 1. The summed E-state index contributed by atoms with van der Waals surface area (Å²) >= 11 is 0. The maximum Gasteiger partial charge on any atom is 0.311 e. The van der Waals surface area contributed by atoms with Crippen molar-refractivity contribution in [1.82, 2.24) is 0 Å². The first-order valence-corrected chi connectivity index (χ1v) is 6.63. The molecule has 102 valence electrons. The predicted octanol–water partition coefficient (Wildman–Crippen LogP) is 3.01. The molecule has 0 rings (SSSR count). The minimum atomic E-state index is -0.431. The van der Waals surface area contributed by atoms with Crippen LogP contribution in [0.15, 0.2) is 0 Å². The third kappa shape index (κ3) is 6.67. The van der Waals surface area contributed by atoms with Crippen LogP contribution in [0.2, 0.25) is 0 Å². The fourth-order valence-electron chi connectivity index (χ4n) is 1.60. The molecule has 0 radical (unpaired) electrons. The van der Waals surface area contributed by atoms with Crippen molar-refractivity contribution in [3.05, 3.63) is 0 Å². The Hall–Kier alpha value is -0.570. The molecule has 0 spiro atoms. The summed E-state index contributed by atoms with van der Waals surface area (Å²) in [6.07, 6.45) is 2.88. The second-order valence-electron chi connectivity index (χ2n) is 5.82. The number of carbonyl (C=O) groups excluding carboxylic acids is 1. The third-order valence-corrected chi connectivity index (χ3v) is 3.14. The minimum Gasteiger partial charge on any atom is -0.465 e. The van der Waals surface area contributed by atoms with E-state index in [0.717, 1.165) is 19.3 Å². The first-order valence-electron chi connectivity index (χ1n) is 6.63. The maximum absolute atomic E-state index is 11.6. The van der Waals surface area contributed by atoms with Gasteiger partial charge in [-0.05, 0) is 39.0 Å². The lowest BCUT2D eigenvalue weighted by atomic mass is 9.91. The second-order valence-corrected chi connectivity index (χ2v) is 5.82. The fourth-order valence-corrected chi connectivity index (χ4v) is 1.60. The lowest BCUT2D eigenvalue weighted by Crippen LogP contribution is -2.26. The van der Waals surface area contributed by atoms with Gasteiger partial charge in [-0.15, -0.1) is 0 Å². The molecule has 1 N–H and O–H groups in total. The highest BCUT2D eigenvalue weighted by atomic mass is 16.5. The number of esters is 1. The van der Waals surface area contributed by atoms with Crippen LogP contribution in [0.3, 0.4) is 0 Å². The van der Waals surface area contributed by atoms with E-state index in [0.29, 0.717) is 18.4 Å². The number of hydrogen-bond acceptors (Lipinski definition) is 3. The average molecular weight is 244 g/mol. The van der Waals surface area contributed by atoms with Crippen molar-refractivity contribution in [3.8, 4) is 0 Å². The Morgan fingerprint density at radius 1 is 1.18 bits per heavy atom. The number of rotatable bonds is 7. The molecule has 2 atom stereocenters. The number of hydrogen-bond donors (Lipinski definition) is 1. The van der Waals surface area contributed by atoms with Gasteiger partial charge < -0.3 is 9.84 Å². The Morgan fingerprint density at radius 3 is 2.06 bits per heavy atom. The second kappa shape index (κ2) is 7.70. The zero-order chi connectivity index (χ0) is 13.5. The summed E-state index contributed by atoms with van der Waals surface area (Å²) in [5.74, 6) is 0.541. The predicted molar refractivity (Wildman–Crippen MR) is 69.7 cm³/mol. The van der Waals surface area contributed by atoms with Crippen LogP contribution in [0.1, 0.15) is 53.9 Å². The van der Waals surface area contributed by atoms with E-state index in [1.807, 2.05) is 20.8 Å². The van der Waals surface area contributed by atoms with Crippen molar-refractivity contribution < 1.29 is 14.6 Å². The molecular weight excluding hydrogens is 216 g/mol. The van der Waals surface area contributed by atoms with E-state index in [2.05, 4.69) is 13.8 Å². The molecule has 3 heteroatoms. The highest BCUT2D eigenvalue weighted by Crippen LogP contribution is 2.21. The number of aliphatic hydroxyl groups is 1. The fraction of sp³-hybridized carbons (Fsp3) is 0.929. The van der Waals surface area contributed by atoms with E-state index in [1.54, 1.807) is 0 Å². The lowest BCUT2D eigenvalue weighted by Gasteiger charge is -2.22. The number of ether oxygens (including phenoxy) is 1. The summed E-state index contributed by atoms with van der Waals surface area (Å²) in [6.45, 7) is 10.5. The van der Waals surface area contributed by atoms with Gasteiger partial charge in [0.15, 0.2) is 0 Å². The minimum absolute atomic E-state index is 0.145. The van der Waals surface area contributed by atoms with Crippen LogP contribution >= 0.6 is 0 Å². The molecule has 0 aliphatic rings. The van der Waals surface area contributed by atoms with E-state index >= 15 is 0 Å². The molecule has 0 aliphatic carbocycles. The van der Waals surface area contributed by atoms with E-state index in [-0.39, 0.29) is 12.6 Å². The zero-order valence-electron chi connectivity index (χ0n) is 12.0. The number of carbonyl (C=O) groups is 1. The highest BCUT2D eigenvalue weighted by Gasteiger charge is 2.24. The van der Waals surface area contributed by atoms with E-state index < -0.39 is 5.41 Å². The molecule has 0 fully saturated rings. The molecule has 3 nitrogen and oxygen atoms in total. The molecule has 0 bridgehead atoms. The van der Waals surface area contributed by atoms with Crippen molar-refractivity contribution in [2.45, 2.75) is 53.9 Å². The van der Waals surface area contributed by atoms with Gasteiger partial charge in [0.05, 0.1) is 12.0 Å². The summed E-state index contributed by atoms with van der Waals surface area (Å²) in [6, 6.07) is 0. The van der Waals surface area contributed by atoms with E-state index in [4.69, 9.17) is 9.84 Å². The molecular formula is C14H28O3. The van der Waals surface area contributed by atoms with Crippen LogP contribution in [-0.2, 0) is 9.53 Å². The standard InChI is InChI=1S/C14H28O3/c1-6-11(9-15)8-12(7-2)10-17-13(16)14(3,4)5/h11-12,15H,6-10H2,1-5H3. The van der Waals surface area contributed by atoms with Gasteiger partial charge in [0.2, 0.25) is 0 Å². The first-order chi connectivity index (χ1) is 7.85. The molecule has 17 heavy (non-hydrogen) atoms. The molecule has 0 aromatic carbocycles. The van der Waals surface area contributed by atoms with Gasteiger partial charge in [-0.25, -0.2) is 0 Å². The largest absolute Gasteiger partial charge is 0.465 e. The van der Waals surface area contributed by atoms with E-state index in [9.17, 15) is 4.79 Å². The summed E-state index contributed by atoms with van der Waals surface area (Å²) < 4.78 is 5.33. The van der Waals surface area contributed by atoms with Crippen LogP contribution in [0, 0.1) is 17.3 Å². The van der Waals surface area contributed by atoms with Crippen LogP contribution in [0.5, 0.6) is 0 Å². The van der Waals surface area contributed by atoms with Gasteiger partial charge >= 0.3 is 5.97 Å². The van der Waals surface area contributed by atoms with Gasteiger partial charge in [0, 0.05) is 6.61 Å². The Kier molecular flexibility index (Phi) is 7.44. The summed E-state index contributed by atoms with van der Waals surface area (Å²) in [4.78, 5) is 11.6. The molecule has 0 aromatic rings. The summed E-state index contributed by atoms with van der Waals surface area (Å²) in [5.41, 5.74) is -0.431. The smallest absolute Gasteiger partial charge is 0.311 e. The Balaban J connectivity index is 4.10. The SMILES string of the molecule is CCC(CO)CC(CC)COC(=O)C(C)(C)C. The zero-order valence-corrected chi connectivity index (χ0v) is 12.0. The average Bonchev–Trinajstić information content (AvgIpc) is 2.28. The topological polar surface area (TPSA) is 46.5 Å². The van der Waals surface area contributed by atoms with Gasteiger partial charge in [-0.1, -0.05) is 26.7 Å². The molecule has 0 heterocycles. The summed E-state index contributed by atoms with van der Waals surface area (Å²) in [7, 11) is 0. The summed E-state index contributed by atoms with van der Waals surface area (Å²) in [5, 5.41) is 9.17. The van der Waals surface area contributed by atoms with Crippen LogP contribution < -0.4 is 0 Å². The lowest BCUT2D eigenvalue weighted by molar-refractivity contribution is -0.154. The quantitative estimate of drug-likeness (QED) is 0.700. The normalized spacial score (nSPS) is 15.4. The molecule has 0 saturated carbocycles. The maximum atomic E-state index is 11.6. The van der Waals surface area contributed by atoms with Crippen molar-refractivity contribution >= 4 is 5.97 Å². The van der Waals surface area contributed by atoms with Gasteiger partial charge in [-0.3, -0.25) is 4.79 Å². The van der Waals surface area contributed by atoms with Gasteiger partial charge in [0.25, 0.3) is 0 Å². The molecule has 0 amide bonds. The monoisotopic (exact) mass is 244 g/mol. The molecule has 2 unspecified atom stereocenters. The Morgan fingerprint density at radius 2 is 1.71 bits per heavy atom. The van der Waals surface area contributed by atoms with Crippen molar-refractivity contribution in [3.63, 3.8) is 0 Å². The van der Waals surface area contributed by atoms with Crippen LogP contribution in [0.4, 0.5) is 0 Å². The van der Waals surface area contributed by atoms with Crippen molar-refractivity contribution in [2.24, 2.45) is 17.3 Å². The van der Waals surface area contributed by atoms with Crippen LogP contribution in [-0.4, -0.2) is 24.3 Å². The van der Waals surface area contributed by atoms with Gasteiger partial charge in [-0.2, -0.15) is 0 Å². The Labute approximate surface area is 106 Å². The third-order valence-electron chi connectivity index (χ3n) is 3.14. The van der Waals surface area contributed by atoms with E-state index in [1.165, 1.54) is 0 Å². The first kappa shape index (κ1) is 16.4. The van der Waals surface area contributed by atoms with Gasteiger partial charge in [0.1, 0.15) is 0 Å². The molecule has 0 aromatic heterocycles. The van der Waals surface area contributed by atoms with Crippen molar-refractivity contribution in [1.29, 1.82) is 0 Å². The molecule has 0 saturated heterocycles. The molecule has 0 aliphatic heterocycles.